The van der Waals surface area contributed by atoms with E-state index in [9.17, 15) is 9.18 Å². The molecule has 4 heteroatoms. The van der Waals surface area contributed by atoms with Gasteiger partial charge in [-0.2, -0.15) is 0 Å². The lowest BCUT2D eigenvalue weighted by atomic mass is 10.1. The van der Waals surface area contributed by atoms with E-state index >= 15 is 0 Å². The number of aliphatic hydroxyl groups excluding tert-OH is 1. The van der Waals surface area contributed by atoms with Gasteiger partial charge in [-0.1, -0.05) is 15.9 Å². The van der Waals surface area contributed by atoms with Crippen LogP contribution in [0, 0.1) is 5.82 Å². The lowest BCUT2D eigenvalue weighted by Gasteiger charge is -1.99. The maximum Gasteiger partial charge on any atom is 0.191 e. The third kappa shape index (κ3) is 1.89. The summed E-state index contributed by atoms with van der Waals surface area (Å²) in [6, 6.07) is 4.00. The van der Waals surface area contributed by atoms with Gasteiger partial charge < -0.3 is 5.11 Å². The number of hydrogen-bond donors (Lipinski definition) is 1. The lowest BCUT2D eigenvalue weighted by Crippen LogP contribution is -2.06. The summed E-state index contributed by atoms with van der Waals surface area (Å²) >= 11 is 3.09. The number of hydrogen-bond acceptors (Lipinski definition) is 2. The highest BCUT2D eigenvalue weighted by molar-refractivity contribution is 9.10. The Bertz CT molecular complexity index is 312. The maximum atomic E-state index is 12.9. The first-order valence-corrected chi connectivity index (χ1v) is 4.03. The van der Waals surface area contributed by atoms with E-state index in [1.54, 1.807) is 0 Å². The van der Waals surface area contributed by atoms with Crippen LogP contribution in [-0.4, -0.2) is 17.5 Å². The molecule has 1 aromatic carbocycles. The first-order valence-electron chi connectivity index (χ1n) is 3.24. The van der Waals surface area contributed by atoms with Crippen LogP contribution < -0.4 is 0 Å². The Kier molecular flexibility index (Phi) is 2.94. The van der Waals surface area contributed by atoms with Crippen molar-refractivity contribution in [3.8, 4) is 0 Å². The summed E-state index contributed by atoms with van der Waals surface area (Å²) in [6.07, 6.45) is 0. The second-order valence-electron chi connectivity index (χ2n) is 2.21. The fraction of sp³-hybridized carbons (Fsp3) is 0.125. The van der Waals surface area contributed by atoms with E-state index in [4.69, 9.17) is 5.11 Å². The molecule has 64 valence electrons. The lowest BCUT2D eigenvalue weighted by molar-refractivity contribution is 0.0899. The molecule has 1 aromatic rings. The Labute approximate surface area is 77.2 Å². The summed E-state index contributed by atoms with van der Waals surface area (Å²) in [6.45, 7) is -0.673. The van der Waals surface area contributed by atoms with Crippen LogP contribution in [0.5, 0.6) is 0 Å². The summed E-state index contributed by atoms with van der Waals surface area (Å²) in [5, 5.41) is 8.47. The quantitative estimate of drug-likeness (QED) is 0.790. The summed E-state index contributed by atoms with van der Waals surface area (Å²) in [4.78, 5) is 10.9. The molecule has 1 rings (SSSR count). The van der Waals surface area contributed by atoms with Crippen LogP contribution in [0.3, 0.4) is 0 Å². The third-order valence-corrected chi connectivity index (χ3v) is 1.87. The smallest absolute Gasteiger partial charge is 0.191 e. The molecule has 0 heterocycles. The molecule has 0 radical (unpaired) electrons. The second kappa shape index (κ2) is 3.78. The van der Waals surface area contributed by atoms with Crippen LogP contribution >= 0.6 is 15.9 Å². The van der Waals surface area contributed by atoms with Crippen molar-refractivity contribution in [3.63, 3.8) is 0 Å². The molecule has 0 amide bonds. The number of ketones is 1. The number of aliphatic hydroxyl groups is 1. The SMILES string of the molecule is O=C(CO)c1cc(Br)ccc1F. The molecule has 2 nitrogen and oxygen atoms in total. The van der Waals surface area contributed by atoms with Crippen LogP contribution in [0.15, 0.2) is 22.7 Å². The molecule has 0 aliphatic rings. The van der Waals surface area contributed by atoms with E-state index in [1.165, 1.54) is 18.2 Å². The van der Waals surface area contributed by atoms with Crippen molar-refractivity contribution >= 4 is 21.7 Å². The minimum atomic E-state index is -0.673. The predicted molar refractivity (Wildman–Crippen MR) is 45.5 cm³/mol. The van der Waals surface area contributed by atoms with E-state index in [-0.39, 0.29) is 5.56 Å². The zero-order valence-electron chi connectivity index (χ0n) is 6.05. The highest BCUT2D eigenvalue weighted by Gasteiger charge is 2.10. The number of Topliss-reactive ketones (excluding diaryl/α,β-unsaturated/α-hetero) is 1. The predicted octanol–water partition coefficient (Wildman–Crippen LogP) is 1.76. The molecule has 1 N–H and O–H groups in total. The Balaban J connectivity index is 3.13. The number of carbonyl (C=O) groups excluding carboxylic acids is 1. The van der Waals surface area contributed by atoms with Crippen molar-refractivity contribution in [1.29, 1.82) is 0 Å². The van der Waals surface area contributed by atoms with Crippen LogP contribution in [0.2, 0.25) is 0 Å². The second-order valence-corrected chi connectivity index (χ2v) is 3.12. The first kappa shape index (κ1) is 9.35. The average Bonchev–Trinajstić information content (AvgIpc) is 2.08. The van der Waals surface area contributed by atoms with E-state index in [0.29, 0.717) is 4.47 Å². The van der Waals surface area contributed by atoms with Crippen molar-refractivity contribution in [3.05, 3.63) is 34.1 Å². The standard InChI is InChI=1S/C8H6BrFO2/c9-5-1-2-7(10)6(3-5)8(12)4-11/h1-3,11H,4H2. The van der Waals surface area contributed by atoms with Gasteiger partial charge in [0.1, 0.15) is 12.4 Å². The van der Waals surface area contributed by atoms with Crippen molar-refractivity contribution < 1.29 is 14.3 Å². The number of benzene rings is 1. The molecule has 0 aliphatic heterocycles. The highest BCUT2D eigenvalue weighted by atomic mass is 79.9. The van der Waals surface area contributed by atoms with Crippen molar-refractivity contribution in [1.82, 2.24) is 0 Å². The zero-order valence-corrected chi connectivity index (χ0v) is 7.64. The normalized spacial score (nSPS) is 9.92. The molecule has 0 unspecified atom stereocenters. The Hall–Kier alpha value is -0.740. The van der Waals surface area contributed by atoms with Crippen LogP contribution in [0.4, 0.5) is 4.39 Å². The van der Waals surface area contributed by atoms with Crippen molar-refractivity contribution in [2.45, 2.75) is 0 Å². The summed E-state index contributed by atoms with van der Waals surface area (Å²) in [7, 11) is 0. The Morgan fingerprint density at radius 1 is 1.58 bits per heavy atom. The fourth-order valence-electron chi connectivity index (χ4n) is 0.796. The minimum absolute atomic E-state index is 0.0909. The molecule has 0 saturated heterocycles. The van der Waals surface area contributed by atoms with Gasteiger partial charge in [-0.25, -0.2) is 4.39 Å². The van der Waals surface area contributed by atoms with Gasteiger partial charge in [-0.3, -0.25) is 4.79 Å². The Morgan fingerprint density at radius 3 is 2.83 bits per heavy atom. The summed E-state index contributed by atoms with van der Waals surface area (Å²) < 4.78 is 13.5. The molecular formula is C8H6BrFO2. The molecular weight excluding hydrogens is 227 g/mol. The molecule has 0 aliphatic carbocycles. The van der Waals surface area contributed by atoms with Crippen molar-refractivity contribution in [2.75, 3.05) is 6.61 Å². The zero-order chi connectivity index (χ0) is 9.14. The first-order chi connectivity index (χ1) is 5.65. The average molecular weight is 233 g/mol. The van der Waals surface area contributed by atoms with Gasteiger partial charge in [0.25, 0.3) is 0 Å². The van der Waals surface area contributed by atoms with Gasteiger partial charge in [0.2, 0.25) is 0 Å². The van der Waals surface area contributed by atoms with E-state index in [2.05, 4.69) is 15.9 Å². The molecule has 0 aromatic heterocycles. The van der Waals surface area contributed by atoms with Gasteiger partial charge in [0.15, 0.2) is 5.78 Å². The van der Waals surface area contributed by atoms with Gasteiger partial charge in [-0.15, -0.1) is 0 Å². The molecule has 12 heavy (non-hydrogen) atoms. The van der Waals surface area contributed by atoms with E-state index in [0.717, 1.165) is 0 Å². The summed E-state index contributed by atoms with van der Waals surface area (Å²) in [5.74, 6) is -1.23. The number of carbonyl (C=O) groups is 1. The monoisotopic (exact) mass is 232 g/mol. The minimum Gasteiger partial charge on any atom is -0.388 e. The largest absolute Gasteiger partial charge is 0.388 e. The fourth-order valence-corrected chi connectivity index (χ4v) is 1.16. The summed E-state index contributed by atoms with van der Waals surface area (Å²) in [5.41, 5.74) is -0.0909. The van der Waals surface area contributed by atoms with Crippen LogP contribution in [0.25, 0.3) is 0 Å². The van der Waals surface area contributed by atoms with Gasteiger partial charge >= 0.3 is 0 Å². The van der Waals surface area contributed by atoms with Crippen LogP contribution in [-0.2, 0) is 0 Å². The number of halogens is 2. The topological polar surface area (TPSA) is 37.3 Å². The third-order valence-electron chi connectivity index (χ3n) is 1.37. The molecule has 0 atom stereocenters. The molecule has 0 fully saturated rings. The van der Waals surface area contributed by atoms with Crippen LogP contribution in [0.1, 0.15) is 10.4 Å². The molecule has 0 saturated carbocycles. The van der Waals surface area contributed by atoms with Crippen molar-refractivity contribution in [2.24, 2.45) is 0 Å². The highest BCUT2D eigenvalue weighted by Crippen LogP contribution is 2.15. The molecule has 0 spiro atoms. The maximum absolute atomic E-state index is 12.9. The Morgan fingerprint density at radius 2 is 2.25 bits per heavy atom. The van der Waals surface area contributed by atoms with Gasteiger partial charge in [0, 0.05) is 4.47 Å². The number of rotatable bonds is 2. The van der Waals surface area contributed by atoms with E-state index < -0.39 is 18.2 Å². The molecule has 0 bridgehead atoms. The van der Waals surface area contributed by atoms with E-state index in [1.807, 2.05) is 0 Å². The van der Waals surface area contributed by atoms with Gasteiger partial charge in [-0.05, 0) is 18.2 Å². The van der Waals surface area contributed by atoms with Gasteiger partial charge in [0.05, 0.1) is 5.56 Å².